The van der Waals surface area contributed by atoms with Crippen LogP contribution in [-0.2, 0) is 11.0 Å². The molecule has 3 aromatic rings. The van der Waals surface area contributed by atoms with Gasteiger partial charge in [0.1, 0.15) is 5.82 Å². The summed E-state index contributed by atoms with van der Waals surface area (Å²) < 4.78 is 53.8. The number of nitrogens with zero attached hydrogens (tertiary/aromatic N) is 1. The molecule has 2 amide bonds. The molecule has 0 saturated heterocycles. The Labute approximate surface area is 198 Å². The summed E-state index contributed by atoms with van der Waals surface area (Å²) in [5.74, 6) is -2.03. The first kappa shape index (κ1) is 23.9. The highest BCUT2D eigenvalue weighted by Gasteiger charge is 2.33. The number of guanidine groups is 1. The summed E-state index contributed by atoms with van der Waals surface area (Å²) in [7, 11) is 0. The van der Waals surface area contributed by atoms with Crippen molar-refractivity contribution in [3.63, 3.8) is 0 Å². The molecule has 1 aliphatic heterocycles. The summed E-state index contributed by atoms with van der Waals surface area (Å²) in [6.45, 7) is 1.86. The van der Waals surface area contributed by atoms with Gasteiger partial charge in [0, 0.05) is 16.9 Å². The molecule has 4 rings (SSSR count). The number of anilines is 2. The van der Waals surface area contributed by atoms with Crippen LogP contribution in [0.3, 0.4) is 0 Å². The molecule has 3 N–H and O–H groups in total. The first-order valence-corrected chi connectivity index (χ1v) is 10.7. The largest absolute Gasteiger partial charge is 0.418 e. The van der Waals surface area contributed by atoms with Crippen molar-refractivity contribution in [2.45, 2.75) is 25.4 Å². The van der Waals surface area contributed by atoms with Gasteiger partial charge in [-0.3, -0.25) is 14.9 Å². The second-order valence-electron chi connectivity index (χ2n) is 7.81. The molecule has 1 atom stereocenters. The van der Waals surface area contributed by atoms with Crippen molar-refractivity contribution in [2.24, 2.45) is 4.99 Å². The molecule has 3 aromatic carbocycles. The van der Waals surface area contributed by atoms with Crippen LogP contribution in [0.25, 0.3) is 0 Å². The van der Waals surface area contributed by atoms with Crippen molar-refractivity contribution in [3.8, 4) is 0 Å². The van der Waals surface area contributed by atoms with Gasteiger partial charge in [-0.25, -0.2) is 9.38 Å². The maximum Gasteiger partial charge on any atom is 0.418 e. The first-order valence-electron chi connectivity index (χ1n) is 10.7. The number of carbonyl (C=O) groups excluding carboxylic acids is 2. The predicted octanol–water partition coefficient (Wildman–Crippen LogP) is 5.82. The van der Waals surface area contributed by atoms with Crippen LogP contribution in [-0.4, -0.2) is 17.8 Å². The zero-order chi connectivity index (χ0) is 25.2. The molecule has 1 heterocycles. The Hall–Kier alpha value is -4.21. The van der Waals surface area contributed by atoms with Crippen LogP contribution in [0.5, 0.6) is 0 Å². The van der Waals surface area contributed by atoms with Crippen LogP contribution in [0, 0.1) is 5.82 Å². The molecule has 180 valence electrons. The van der Waals surface area contributed by atoms with E-state index < -0.39 is 29.2 Å². The minimum atomic E-state index is -4.67. The Morgan fingerprint density at radius 1 is 1.06 bits per heavy atom. The van der Waals surface area contributed by atoms with Gasteiger partial charge in [0.2, 0.25) is 11.9 Å². The zero-order valence-electron chi connectivity index (χ0n) is 18.4. The molecule has 1 unspecified atom stereocenters. The molecule has 0 radical (unpaired) electrons. The van der Waals surface area contributed by atoms with E-state index in [-0.39, 0.29) is 23.3 Å². The number of hydrogen-bond donors (Lipinski definition) is 3. The molecular formula is C25H20F4N4O2. The second-order valence-corrected chi connectivity index (χ2v) is 7.81. The van der Waals surface area contributed by atoms with Gasteiger partial charge in [0.25, 0.3) is 5.91 Å². The minimum absolute atomic E-state index is 0.0832. The highest BCUT2D eigenvalue weighted by atomic mass is 19.4. The molecule has 0 bridgehead atoms. The van der Waals surface area contributed by atoms with Crippen molar-refractivity contribution in [1.82, 2.24) is 5.32 Å². The maximum absolute atomic E-state index is 13.5. The van der Waals surface area contributed by atoms with Gasteiger partial charge in [-0.2, -0.15) is 13.2 Å². The first-order chi connectivity index (χ1) is 16.7. The van der Waals surface area contributed by atoms with Crippen LogP contribution in [0.4, 0.5) is 34.6 Å². The van der Waals surface area contributed by atoms with E-state index in [4.69, 9.17) is 0 Å². The van der Waals surface area contributed by atoms with Gasteiger partial charge in [-0.15, -0.1) is 0 Å². The number of nitrogens with one attached hydrogen (secondary N) is 3. The lowest BCUT2D eigenvalue weighted by molar-refractivity contribution is -0.137. The smallest absolute Gasteiger partial charge is 0.326 e. The fourth-order valence-electron chi connectivity index (χ4n) is 3.75. The molecule has 0 spiro atoms. The van der Waals surface area contributed by atoms with E-state index in [2.05, 4.69) is 20.9 Å². The normalized spacial score (nSPS) is 15.4. The maximum atomic E-state index is 13.5. The summed E-state index contributed by atoms with van der Waals surface area (Å²) in [6, 6.07) is 14.3. The molecule has 10 heteroatoms. The quantitative estimate of drug-likeness (QED) is 0.248. The van der Waals surface area contributed by atoms with Crippen molar-refractivity contribution in [3.05, 3.63) is 89.2 Å². The van der Waals surface area contributed by atoms with E-state index in [1.165, 1.54) is 30.3 Å². The average Bonchev–Trinajstić information content (AvgIpc) is 3.13. The highest BCUT2D eigenvalue weighted by molar-refractivity contribution is 6.11. The topological polar surface area (TPSA) is 82.6 Å². The van der Waals surface area contributed by atoms with Gasteiger partial charge in [0.05, 0.1) is 17.2 Å². The van der Waals surface area contributed by atoms with Crippen molar-refractivity contribution in [1.29, 1.82) is 0 Å². The predicted molar refractivity (Wildman–Crippen MR) is 124 cm³/mol. The number of benzene rings is 3. The van der Waals surface area contributed by atoms with E-state index in [0.717, 1.165) is 23.8 Å². The Kier molecular flexibility index (Phi) is 6.54. The minimum Gasteiger partial charge on any atom is -0.326 e. The number of halogens is 4. The summed E-state index contributed by atoms with van der Waals surface area (Å²) >= 11 is 0. The summed E-state index contributed by atoms with van der Waals surface area (Å²) in [6.07, 6.45) is -4.11. The Morgan fingerprint density at radius 2 is 1.77 bits per heavy atom. The number of fused-ring (bicyclic) bond motifs is 1. The lowest BCUT2D eigenvalue weighted by atomic mass is 9.98. The van der Waals surface area contributed by atoms with Crippen LogP contribution < -0.4 is 16.0 Å². The lowest BCUT2D eigenvalue weighted by Crippen LogP contribution is -2.36. The van der Waals surface area contributed by atoms with Crippen LogP contribution in [0.2, 0.25) is 0 Å². The summed E-state index contributed by atoms with van der Waals surface area (Å²) in [5.41, 5.74) is 0.462. The number of rotatable bonds is 4. The highest BCUT2D eigenvalue weighted by Crippen LogP contribution is 2.37. The van der Waals surface area contributed by atoms with Crippen LogP contribution in [0.1, 0.15) is 40.7 Å². The van der Waals surface area contributed by atoms with Crippen molar-refractivity contribution >= 4 is 34.8 Å². The molecule has 0 aromatic heterocycles. The van der Waals surface area contributed by atoms with E-state index in [1.807, 2.05) is 6.92 Å². The van der Waals surface area contributed by atoms with Gasteiger partial charge < -0.3 is 10.6 Å². The summed E-state index contributed by atoms with van der Waals surface area (Å²) in [4.78, 5) is 28.9. The molecule has 0 aliphatic carbocycles. The number of alkyl halides is 3. The molecule has 6 nitrogen and oxygen atoms in total. The van der Waals surface area contributed by atoms with E-state index in [1.54, 1.807) is 18.2 Å². The third-order valence-electron chi connectivity index (χ3n) is 5.45. The van der Waals surface area contributed by atoms with Gasteiger partial charge in [-0.1, -0.05) is 19.1 Å². The Bertz CT molecular complexity index is 1300. The fraction of sp³-hybridized carbons (Fsp3) is 0.160. The fourth-order valence-corrected chi connectivity index (χ4v) is 3.75. The van der Waals surface area contributed by atoms with Gasteiger partial charge in [0.15, 0.2) is 0 Å². The number of hydrogen-bond acceptors (Lipinski definition) is 3. The van der Waals surface area contributed by atoms with E-state index in [0.29, 0.717) is 17.8 Å². The number of carbonyl (C=O) groups is 2. The number of aliphatic imine (C=N–C) groups is 1. The number of para-hydroxylation sites is 1. The second kappa shape index (κ2) is 9.57. The molecular weight excluding hydrogens is 464 g/mol. The van der Waals surface area contributed by atoms with Crippen molar-refractivity contribution in [2.75, 3.05) is 10.6 Å². The molecule has 1 aliphatic rings. The molecule has 0 saturated carbocycles. The van der Waals surface area contributed by atoms with E-state index >= 15 is 0 Å². The van der Waals surface area contributed by atoms with Gasteiger partial charge in [-0.05, 0) is 66.6 Å². The summed E-state index contributed by atoms with van der Waals surface area (Å²) in [5, 5.41) is 8.08. The SMILES string of the molecule is CCC1C(=O)Nc2ccc(NC(=Nc3ccccc3C(F)(F)F)NC(=O)c3ccc(F)cc3)cc21. The average molecular weight is 484 g/mol. The van der Waals surface area contributed by atoms with Crippen LogP contribution >= 0.6 is 0 Å². The third-order valence-corrected chi connectivity index (χ3v) is 5.45. The standard InChI is InChI=1S/C25H20F4N4O2/c1-2-17-18-13-16(11-12-20(18)31-23(17)35)30-24(33-22(34)14-7-9-15(26)10-8-14)32-21-6-4-3-5-19(21)25(27,28)29/h3-13,17H,2H2,1H3,(H,31,35)(H2,30,32,33,34). The van der Waals surface area contributed by atoms with Crippen LogP contribution in [0.15, 0.2) is 71.7 Å². The lowest BCUT2D eigenvalue weighted by Gasteiger charge is -2.15. The molecule has 0 fully saturated rings. The van der Waals surface area contributed by atoms with Crippen molar-refractivity contribution < 1.29 is 27.2 Å². The van der Waals surface area contributed by atoms with E-state index in [9.17, 15) is 27.2 Å². The Morgan fingerprint density at radius 3 is 2.46 bits per heavy atom. The third kappa shape index (κ3) is 5.32. The monoisotopic (exact) mass is 484 g/mol. The molecule has 35 heavy (non-hydrogen) atoms. The number of amides is 2. The Balaban J connectivity index is 1.71. The zero-order valence-corrected chi connectivity index (χ0v) is 18.4. The van der Waals surface area contributed by atoms with Gasteiger partial charge >= 0.3 is 6.18 Å².